The van der Waals surface area contributed by atoms with E-state index >= 15 is 0 Å². The molecule has 21 heavy (non-hydrogen) atoms. The number of benzene rings is 1. The van der Waals surface area contributed by atoms with Crippen molar-refractivity contribution >= 4 is 5.91 Å². The second kappa shape index (κ2) is 7.82. The van der Waals surface area contributed by atoms with Crippen LogP contribution in [0.5, 0.6) is 11.5 Å². The number of carbonyl (C=O) groups excluding carboxylic acids is 1. The van der Waals surface area contributed by atoms with E-state index in [1.165, 1.54) is 19.2 Å². The van der Waals surface area contributed by atoms with Crippen LogP contribution in [0.1, 0.15) is 17.3 Å². The lowest BCUT2D eigenvalue weighted by atomic mass is 10.0. The van der Waals surface area contributed by atoms with E-state index in [1.807, 2.05) is 6.92 Å². The van der Waals surface area contributed by atoms with Crippen molar-refractivity contribution in [1.29, 1.82) is 0 Å². The fraction of sp³-hybridized carbons (Fsp3) is 0.500. The molecule has 0 saturated carbocycles. The second-order valence-electron chi connectivity index (χ2n) is 4.51. The maximum atomic E-state index is 12.1. The number of aliphatic hydroxyl groups excluding tert-OH is 3. The lowest BCUT2D eigenvalue weighted by molar-refractivity contribution is 0.0375. The Morgan fingerprint density at radius 3 is 2.29 bits per heavy atom. The molecule has 0 spiro atoms. The zero-order valence-electron chi connectivity index (χ0n) is 12.1. The topological polar surface area (TPSA) is 108 Å². The molecule has 7 nitrogen and oxygen atoms in total. The van der Waals surface area contributed by atoms with Crippen molar-refractivity contribution in [3.05, 3.63) is 23.8 Å². The average molecular weight is 299 g/mol. The highest BCUT2D eigenvalue weighted by Crippen LogP contribution is 2.28. The number of methoxy groups -OCH3 is 1. The summed E-state index contributed by atoms with van der Waals surface area (Å²) in [6.45, 7) is 0.544. The first kappa shape index (κ1) is 17.2. The standard InChI is InChI=1S/C14H21NO6/c1-3-21-11-5-4-10(6-12(11)20-2)13(19)15-14(7-16,8-17)9-18/h4-6,16-18H,3,7-9H2,1-2H3,(H,15,19). The minimum atomic E-state index is -1.47. The number of nitrogens with one attached hydrogen (secondary N) is 1. The van der Waals surface area contributed by atoms with Gasteiger partial charge in [0.15, 0.2) is 11.5 Å². The Hall–Kier alpha value is -1.83. The van der Waals surface area contributed by atoms with Gasteiger partial charge in [-0.05, 0) is 25.1 Å². The van der Waals surface area contributed by atoms with Crippen molar-refractivity contribution in [3.63, 3.8) is 0 Å². The average Bonchev–Trinajstić information content (AvgIpc) is 2.53. The molecule has 0 bridgehead atoms. The van der Waals surface area contributed by atoms with Gasteiger partial charge in [-0.25, -0.2) is 0 Å². The number of carbonyl (C=O) groups is 1. The summed E-state index contributed by atoms with van der Waals surface area (Å²) in [5.41, 5.74) is -1.21. The van der Waals surface area contributed by atoms with Gasteiger partial charge < -0.3 is 30.1 Å². The van der Waals surface area contributed by atoms with Gasteiger partial charge in [-0.3, -0.25) is 4.79 Å². The van der Waals surface area contributed by atoms with Crippen LogP contribution in [-0.4, -0.2) is 60.3 Å². The summed E-state index contributed by atoms with van der Waals surface area (Å²) in [5.74, 6) is 0.356. The summed E-state index contributed by atoms with van der Waals surface area (Å²) in [6.07, 6.45) is 0. The molecule has 118 valence electrons. The fourth-order valence-electron chi connectivity index (χ4n) is 1.67. The Kier molecular flexibility index (Phi) is 6.41. The lowest BCUT2D eigenvalue weighted by Gasteiger charge is -2.28. The summed E-state index contributed by atoms with van der Waals surface area (Å²) in [7, 11) is 1.46. The Bertz CT molecular complexity index is 464. The molecule has 0 heterocycles. The van der Waals surface area contributed by atoms with E-state index in [-0.39, 0.29) is 5.56 Å². The van der Waals surface area contributed by atoms with Gasteiger partial charge in [-0.1, -0.05) is 0 Å². The van der Waals surface area contributed by atoms with Crippen LogP contribution in [0.4, 0.5) is 0 Å². The van der Waals surface area contributed by atoms with Gasteiger partial charge in [0.05, 0.1) is 33.5 Å². The largest absolute Gasteiger partial charge is 0.493 e. The Morgan fingerprint density at radius 1 is 1.19 bits per heavy atom. The molecule has 0 aromatic heterocycles. The first-order chi connectivity index (χ1) is 10.1. The number of aliphatic hydroxyl groups is 3. The molecule has 0 unspecified atom stereocenters. The SMILES string of the molecule is CCOc1ccc(C(=O)NC(CO)(CO)CO)cc1OC. The number of ether oxygens (including phenoxy) is 2. The van der Waals surface area contributed by atoms with E-state index in [4.69, 9.17) is 9.47 Å². The summed E-state index contributed by atoms with van der Waals surface area (Å²) < 4.78 is 10.5. The highest BCUT2D eigenvalue weighted by atomic mass is 16.5. The van der Waals surface area contributed by atoms with Crippen molar-refractivity contribution in [2.45, 2.75) is 12.5 Å². The van der Waals surface area contributed by atoms with Crippen molar-refractivity contribution in [1.82, 2.24) is 5.32 Å². The molecule has 4 N–H and O–H groups in total. The molecular formula is C14H21NO6. The Labute approximate surface area is 123 Å². The van der Waals surface area contributed by atoms with E-state index in [2.05, 4.69) is 5.32 Å². The number of rotatable bonds is 8. The van der Waals surface area contributed by atoms with Crippen LogP contribution in [0, 0.1) is 0 Å². The highest BCUT2D eigenvalue weighted by Gasteiger charge is 2.30. The molecule has 1 rings (SSSR count). The Balaban J connectivity index is 2.97. The third-order valence-electron chi connectivity index (χ3n) is 3.01. The van der Waals surface area contributed by atoms with Crippen LogP contribution in [0.3, 0.4) is 0 Å². The van der Waals surface area contributed by atoms with E-state index in [0.717, 1.165) is 0 Å². The first-order valence-corrected chi connectivity index (χ1v) is 6.51. The Morgan fingerprint density at radius 2 is 1.81 bits per heavy atom. The van der Waals surface area contributed by atoms with E-state index in [9.17, 15) is 20.1 Å². The molecule has 1 aromatic rings. The van der Waals surface area contributed by atoms with Gasteiger partial charge in [0.1, 0.15) is 5.54 Å². The number of hydrogen-bond acceptors (Lipinski definition) is 6. The smallest absolute Gasteiger partial charge is 0.252 e. The predicted molar refractivity (Wildman–Crippen MR) is 75.6 cm³/mol. The molecule has 1 amide bonds. The van der Waals surface area contributed by atoms with E-state index in [0.29, 0.717) is 18.1 Å². The molecule has 0 aliphatic carbocycles. The molecule has 0 radical (unpaired) electrons. The third kappa shape index (κ3) is 4.07. The minimum absolute atomic E-state index is 0.259. The van der Waals surface area contributed by atoms with Crippen LogP contribution in [0.2, 0.25) is 0 Å². The normalized spacial score (nSPS) is 11.1. The molecule has 7 heteroatoms. The second-order valence-corrected chi connectivity index (χ2v) is 4.51. The first-order valence-electron chi connectivity index (χ1n) is 6.51. The summed E-state index contributed by atoms with van der Waals surface area (Å²) in [5, 5.41) is 30.0. The number of hydrogen-bond donors (Lipinski definition) is 4. The molecule has 0 atom stereocenters. The van der Waals surface area contributed by atoms with Gasteiger partial charge in [0.2, 0.25) is 0 Å². The van der Waals surface area contributed by atoms with Gasteiger partial charge in [0, 0.05) is 5.56 Å². The number of amides is 1. The van der Waals surface area contributed by atoms with Gasteiger partial charge in [-0.15, -0.1) is 0 Å². The van der Waals surface area contributed by atoms with Crippen LogP contribution in [-0.2, 0) is 0 Å². The van der Waals surface area contributed by atoms with Crippen LogP contribution < -0.4 is 14.8 Å². The summed E-state index contributed by atoms with van der Waals surface area (Å²) in [4.78, 5) is 12.1. The van der Waals surface area contributed by atoms with Crippen LogP contribution >= 0.6 is 0 Å². The lowest BCUT2D eigenvalue weighted by Crippen LogP contribution is -2.57. The maximum absolute atomic E-state index is 12.1. The maximum Gasteiger partial charge on any atom is 0.252 e. The molecule has 0 saturated heterocycles. The monoisotopic (exact) mass is 299 g/mol. The molecular weight excluding hydrogens is 278 g/mol. The van der Waals surface area contributed by atoms with E-state index in [1.54, 1.807) is 6.07 Å². The van der Waals surface area contributed by atoms with Gasteiger partial charge in [-0.2, -0.15) is 0 Å². The van der Waals surface area contributed by atoms with Gasteiger partial charge in [0.25, 0.3) is 5.91 Å². The van der Waals surface area contributed by atoms with Crippen molar-refractivity contribution < 1.29 is 29.6 Å². The molecule has 0 aliphatic heterocycles. The minimum Gasteiger partial charge on any atom is -0.493 e. The zero-order valence-corrected chi connectivity index (χ0v) is 12.1. The van der Waals surface area contributed by atoms with E-state index < -0.39 is 31.3 Å². The summed E-state index contributed by atoms with van der Waals surface area (Å²) >= 11 is 0. The van der Waals surface area contributed by atoms with Crippen molar-refractivity contribution in [2.75, 3.05) is 33.5 Å². The van der Waals surface area contributed by atoms with Crippen LogP contribution in [0.25, 0.3) is 0 Å². The molecule has 0 fully saturated rings. The fourth-order valence-corrected chi connectivity index (χ4v) is 1.67. The zero-order chi connectivity index (χ0) is 15.9. The van der Waals surface area contributed by atoms with Gasteiger partial charge >= 0.3 is 0 Å². The third-order valence-corrected chi connectivity index (χ3v) is 3.01. The van der Waals surface area contributed by atoms with Crippen molar-refractivity contribution in [2.24, 2.45) is 0 Å². The van der Waals surface area contributed by atoms with Crippen molar-refractivity contribution in [3.8, 4) is 11.5 Å². The summed E-state index contributed by atoms with van der Waals surface area (Å²) in [6, 6.07) is 4.60. The highest BCUT2D eigenvalue weighted by molar-refractivity contribution is 5.95. The quantitative estimate of drug-likeness (QED) is 0.517. The molecule has 1 aromatic carbocycles. The predicted octanol–water partition coefficient (Wildman–Crippen LogP) is -0.461. The molecule has 0 aliphatic rings. The van der Waals surface area contributed by atoms with Crippen LogP contribution in [0.15, 0.2) is 18.2 Å².